The molecule has 7 rings (SSSR count). The molecule has 0 unspecified atom stereocenters. The minimum atomic E-state index is -0.634. The van der Waals surface area contributed by atoms with Crippen LogP contribution in [0.3, 0.4) is 0 Å². The van der Waals surface area contributed by atoms with Crippen LogP contribution in [0.4, 0.5) is 27.4 Å². The van der Waals surface area contributed by atoms with E-state index in [2.05, 4.69) is 30.2 Å². The van der Waals surface area contributed by atoms with Crippen LogP contribution in [-0.2, 0) is 19.5 Å². The first-order valence-corrected chi connectivity index (χ1v) is 12.6. The van der Waals surface area contributed by atoms with Gasteiger partial charge in [0.05, 0.1) is 29.7 Å². The average Bonchev–Trinajstić information content (AvgIpc) is 3.48. The maximum atomic E-state index is 15.5. The van der Waals surface area contributed by atoms with Crippen molar-refractivity contribution >= 4 is 33.8 Å². The molecule has 4 aromatic heterocycles. The number of nitrogens with two attached hydrogens (primary N) is 1. The number of nitrogens with zero attached hydrogens (tertiary/aromatic N) is 6. The number of nitrogen functional groups attached to an aromatic ring is 1. The first-order chi connectivity index (χ1) is 18.5. The third-order valence-corrected chi connectivity index (χ3v) is 7.51. The lowest BCUT2D eigenvalue weighted by Crippen LogP contribution is -2.19. The van der Waals surface area contributed by atoms with Crippen molar-refractivity contribution in [1.82, 2.24) is 29.3 Å². The predicted octanol–water partition coefficient (Wildman–Crippen LogP) is 3.92. The number of anilines is 4. The van der Waals surface area contributed by atoms with E-state index in [1.54, 1.807) is 18.5 Å². The number of aliphatic hydroxyl groups excluding tert-OH is 1. The first-order valence-electron chi connectivity index (χ1n) is 12.6. The Labute approximate surface area is 217 Å². The molecule has 5 N–H and O–H groups in total. The van der Waals surface area contributed by atoms with Crippen LogP contribution in [0.15, 0.2) is 43.0 Å². The Bertz CT molecular complexity index is 1720. The van der Waals surface area contributed by atoms with Crippen LogP contribution in [0.25, 0.3) is 21.9 Å². The molecule has 11 heteroatoms. The Kier molecular flexibility index (Phi) is 5.08. The molecule has 0 aliphatic carbocycles. The van der Waals surface area contributed by atoms with Gasteiger partial charge in [0.2, 0.25) is 0 Å². The third-order valence-electron chi connectivity index (χ3n) is 7.51. The Morgan fingerprint density at radius 1 is 1.13 bits per heavy atom. The fraction of sp³-hybridized carbons (Fsp3) is 0.259. The molecule has 0 spiro atoms. The van der Waals surface area contributed by atoms with Crippen LogP contribution in [0.5, 0.6) is 0 Å². The quantitative estimate of drug-likeness (QED) is 0.268. The second kappa shape index (κ2) is 8.52. The molecule has 1 aromatic carbocycles. The zero-order chi connectivity index (χ0) is 26.0. The maximum absolute atomic E-state index is 15.5. The number of hydrogen-bond donors (Lipinski definition) is 4. The lowest BCUT2D eigenvalue weighted by Gasteiger charge is -2.25. The summed E-state index contributed by atoms with van der Waals surface area (Å²) < 4.78 is 19.6. The van der Waals surface area contributed by atoms with Gasteiger partial charge in [0, 0.05) is 72.6 Å². The van der Waals surface area contributed by atoms with Gasteiger partial charge in [-0.15, -0.1) is 0 Å². The zero-order valence-corrected chi connectivity index (χ0v) is 20.7. The van der Waals surface area contributed by atoms with E-state index in [-0.39, 0.29) is 5.69 Å². The van der Waals surface area contributed by atoms with Gasteiger partial charge < -0.3 is 26.0 Å². The number of nitrogens with one attached hydrogen (secondary N) is 2. The van der Waals surface area contributed by atoms with Crippen molar-refractivity contribution in [2.24, 2.45) is 0 Å². The number of aryl methyl sites for hydroxylation is 2. The lowest BCUT2D eigenvalue weighted by atomic mass is 9.94. The van der Waals surface area contributed by atoms with E-state index in [4.69, 9.17) is 10.8 Å². The van der Waals surface area contributed by atoms with E-state index in [9.17, 15) is 5.11 Å². The SMILES string of the molecule is Cc1c(-c2cc3cc(Nc4cc5n(n4)Cc4nccn4CC5)ncc3c(N)c2F)cnc2c1NCC[C@H]2O. The molecule has 0 bridgehead atoms. The topological polar surface area (TPSA) is 132 Å². The number of halogens is 1. The fourth-order valence-electron chi connectivity index (χ4n) is 5.45. The second-order valence-electron chi connectivity index (χ2n) is 9.82. The Morgan fingerprint density at radius 3 is 2.92 bits per heavy atom. The van der Waals surface area contributed by atoms with Crippen molar-refractivity contribution in [3.8, 4) is 11.1 Å². The summed E-state index contributed by atoms with van der Waals surface area (Å²) in [5, 5.41) is 22.9. The van der Waals surface area contributed by atoms with Crippen molar-refractivity contribution in [2.75, 3.05) is 22.9 Å². The fourth-order valence-corrected chi connectivity index (χ4v) is 5.45. The van der Waals surface area contributed by atoms with Crippen LogP contribution < -0.4 is 16.4 Å². The van der Waals surface area contributed by atoms with Crippen molar-refractivity contribution in [2.45, 2.75) is 39.0 Å². The number of aromatic nitrogens is 6. The summed E-state index contributed by atoms with van der Waals surface area (Å²) in [7, 11) is 0. The molecular weight excluding hydrogens is 485 g/mol. The highest BCUT2D eigenvalue weighted by molar-refractivity contribution is 5.98. The highest BCUT2D eigenvalue weighted by Gasteiger charge is 2.24. The number of aliphatic hydroxyl groups is 1. The van der Waals surface area contributed by atoms with Crippen molar-refractivity contribution in [3.63, 3.8) is 0 Å². The van der Waals surface area contributed by atoms with Gasteiger partial charge in [0.1, 0.15) is 11.6 Å². The molecule has 2 aliphatic rings. The molecule has 2 aliphatic heterocycles. The van der Waals surface area contributed by atoms with Crippen LogP contribution >= 0.6 is 0 Å². The van der Waals surface area contributed by atoms with Gasteiger partial charge in [0.15, 0.2) is 11.6 Å². The number of fused-ring (bicyclic) bond motifs is 4. The van der Waals surface area contributed by atoms with E-state index in [0.29, 0.717) is 53.4 Å². The number of imidazole rings is 1. The molecule has 0 fully saturated rings. The van der Waals surface area contributed by atoms with Gasteiger partial charge in [0.25, 0.3) is 0 Å². The van der Waals surface area contributed by atoms with Crippen LogP contribution in [0.1, 0.15) is 35.3 Å². The van der Waals surface area contributed by atoms with Gasteiger partial charge in [-0.1, -0.05) is 0 Å². The smallest absolute Gasteiger partial charge is 0.154 e. The summed E-state index contributed by atoms with van der Waals surface area (Å²) >= 11 is 0. The minimum Gasteiger partial charge on any atom is -0.396 e. The van der Waals surface area contributed by atoms with Crippen molar-refractivity contribution < 1.29 is 9.50 Å². The molecule has 0 amide bonds. The second-order valence-corrected chi connectivity index (χ2v) is 9.82. The monoisotopic (exact) mass is 511 g/mol. The summed E-state index contributed by atoms with van der Waals surface area (Å²) in [6.45, 7) is 3.99. The third kappa shape index (κ3) is 3.58. The maximum Gasteiger partial charge on any atom is 0.154 e. The molecule has 5 aromatic rings. The molecule has 10 nitrogen and oxygen atoms in total. The Balaban J connectivity index is 1.25. The summed E-state index contributed by atoms with van der Waals surface area (Å²) in [6.07, 6.45) is 7.79. The normalized spacial score (nSPS) is 16.3. The molecular formula is C27H26FN9O. The summed E-state index contributed by atoms with van der Waals surface area (Å²) in [5.74, 6) is 1.72. The molecule has 192 valence electrons. The van der Waals surface area contributed by atoms with E-state index in [1.165, 1.54) is 0 Å². The molecule has 0 saturated heterocycles. The van der Waals surface area contributed by atoms with Crippen molar-refractivity contribution in [3.05, 3.63) is 71.6 Å². The van der Waals surface area contributed by atoms with Crippen LogP contribution in [-0.4, -0.2) is 41.0 Å². The number of benzene rings is 1. The zero-order valence-electron chi connectivity index (χ0n) is 20.7. The highest BCUT2D eigenvalue weighted by atomic mass is 19.1. The summed E-state index contributed by atoms with van der Waals surface area (Å²) in [6, 6.07) is 5.63. The highest BCUT2D eigenvalue weighted by Crippen LogP contribution is 2.40. The largest absolute Gasteiger partial charge is 0.396 e. The first kappa shape index (κ1) is 22.7. The van der Waals surface area contributed by atoms with E-state index in [1.807, 2.05) is 36.1 Å². The van der Waals surface area contributed by atoms with E-state index in [0.717, 1.165) is 41.1 Å². The van der Waals surface area contributed by atoms with Gasteiger partial charge in [-0.05, 0) is 36.4 Å². The Hall–Kier alpha value is -4.51. The number of rotatable bonds is 3. The van der Waals surface area contributed by atoms with E-state index < -0.39 is 11.9 Å². The van der Waals surface area contributed by atoms with Gasteiger partial charge in [-0.2, -0.15) is 5.10 Å². The molecule has 1 atom stereocenters. The van der Waals surface area contributed by atoms with Crippen LogP contribution in [0.2, 0.25) is 0 Å². The standard InChI is InChI=1S/C27H26FN9O/c1-14-18(11-33-27-20(38)2-4-31-26(14)27)17-8-15-9-21(32-12-19(15)25(29)24(17)28)34-22-10-16-3-6-36-7-5-30-23(36)13-37(16)35-22/h5,7-12,20,31,38H,2-4,6,13,29H2,1H3,(H,32,34,35)/t20-/m1/s1. The predicted molar refractivity (Wildman–Crippen MR) is 143 cm³/mol. The summed E-state index contributed by atoms with van der Waals surface area (Å²) in [4.78, 5) is 13.3. The van der Waals surface area contributed by atoms with Gasteiger partial charge in [-0.3, -0.25) is 9.67 Å². The Morgan fingerprint density at radius 2 is 2.03 bits per heavy atom. The number of hydrogen-bond acceptors (Lipinski definition) is 8. The van der Waals surface area contributed by atoms with E-state index >= 15 is 4.39 Å². The molecule has 38 heavy (non-hydrogen) atoms. The average molecular weight is 512 g/mol. The molecule has 0 radical (unpaired) electrons. The minimum absolute atomic E-state index is 0.0332. The molecule has 0 saturated carbocycles. The number of pyridine rings is 2. The summed E-state index contributed by atoms with van der Waals surface area (Å²) in [5.41, 5.74) is 10.5. The van der Waals surface area contributed by atoms with Gasteiger partial charge >= 0.3 is 0 Å². The van der Waals surface area contributed by atoms with Crippen LogP contribution in [0, 0.1) is 12.7 Å². The van der Waals surface area contributed by atoms with Crippen molar-refractivity contribution in [1.29, 1.82) is 0 Å². The lowest BCUT2D eigenvalue weighted by molar-refractivity contribution is 0.163. The molecule has 6 heterocycles. The van der Waals surface area contributed by atoms with Gasteiger partial charge in [-0.25, -0.2) is 14.4 Å².